The number of halogens is 1. The predicted octanol–water partition coefficient (Wildman–Crippen LogP) is 1.82. The summed E-state index contributed by atoms with van der Waals surface area (Å²) in [5.74, 6) is -0.668. The average Bonchev–Trinajstić information content (AvgIpc) is 2.30. The van der Waals surface area contributed by atoms with E-state index in [0.29, 0.717) is 12.8 Å². The molecule has 5 heteroatoms. The monoisotopic (exact) mass is 237 g/mol. The van der Waals surface area contributed by atoms with Gasteiger partial charge in [0.15, 0.2) is 0 Å². The van der Waals surface area contributed by atoms with Crippen molar-refractivity contribution in [3.05, 3.63) is 24.1 Å². The molecule has 1 amide bonds. The quantitative estimate of drug-likeness (QED) is 0.771. The number of pyridine rings is 1. The highest BCUT2D eigenvalue weighted by atomic mass is 19.1. The first kappa shape index (κ1) is 12.0. The van der Waals surface area contributed by atoms with Crippen molar-refractivity contribution < 1.29 is 9.18 Å². The van der Waals surface area contributed by atoms with E-state index in [1.54, 1.807) is 6.07 Å². The number of nitrogens with zero attached hydrogens (tertiary/aromatic N) is 1. The van der Waals surface area contributed by atoms with Gasteiger partial charge < -0.3 is 11.1 Å². The molecule has 1 fully saturated rings. The zero-order valence-electron chi connectivity index (χ0n) is 9.58. The van der Waals surface area contributed by atoms with Crippen LogP contribution in [0.3, 0.4) is 0 Å². The van der Waals surface area contributed by atoms with Gasteiger partial charge in [0.1, 0.15) is 5.82 Å². The number of anilines is 1. The summed E-state index contributed by atoms with van der Waals surface area (Å²) in [7, 11) is 0. The number of rotatable bonds is 2. The number of amides is 1. The van der Waals surface area contributed by atoms with Crippen molar-refractivity contribution >= 4 is 11.7 Å². The summed E-state index contributed by atoms with van der Waals surface area (Å²) in [5.41, 5.74) is 5.23. The molecule has 0 bridgehead atoms. The summed E-state index contributed by atoms with van der Waals surface area (Å²) < 4.78 is 12.9. The van der Waals surface area contributed by atoms with Crippen LogP contribution in [-0.4, -0.2) is 16.4 Å². The number of aromatic nitrogens is 1. The summed E-state index contributed by atoms with van der Waals surface area (Å²) in [6, 6.07) is 4.28. The van der Waals surface area contributed by atoms with Gasteiger partial charge in [-0.3, -0.25) is 4.79 Å². The summed E-state index contributed by atoms with van der Waals surface area (Å²) in [5, 5.41) is 2.58. The Kier molecular flexibility index (Phi) is 3.38. The van der Waals surface area contributed by atoms with E-state index in [1.165, 1.54) is 12.1 Å². The molecule has 0 atom stereocenters. The standard InChI is InChI=1S/C12H16FN3O/c13-9-5-4-6-10(15-9)16-11(17)12(14)7-2-1-3-8-12/h4-6H,1-3,7-8,14H2,(H,15,16,17). The Labute approximate surface area is 99.4 Å². The second-order valence-electron chi connectivity index (χ2n) is 4.52. The van der Waals surface area contributed by atoms with Gasteiger partial charge in [-0.1, -0.05) is 25.3 Å². The molecule has 0 radical (unpaired) electrons. The van der Waals surface area contributed by atoms with Crippen molar-refractivity contribution in [2.75, 3.05) is 5.32 Å². The summed E-state index contributed by atoms with van der Waals surface area (Å²) in [6.07, 6.45) is 4.38. The first-order chi connectivity index (χ1) is 8.10. The van der Waals surface area contributed by atoms with Crippen molar-refractivity contribution in [3.63, 3.8) is 0 Å². The van der Waals surface area contributed by atoms with Crippen LogP contribution >= 0.6 is 0 Å². The molecule has 4 nitrogen and oxygen atoms in total. The number of hydrogen-bond acceptors (Lipinski definition) is 3. The Morgan fingerprint density at radius 2 is 2.06 bits per heavy atom. The zero-order chi connectivity index (χ0) is 12.3. The molecule has 1 aromatic heterocycles. The Balaban J connectivity index is 2.05. The van der Waals surface area contributed by atoms with Gasteiger partial charge in [0.2, 0.25) is 11.9 Å². The Morgan fingerprint density at radius 1 is 1.35 bits per heavy atom. The minimum atomic E-state index is -0.827. The van der Waals surface area contributed by atoms with Crippen LogP contribution in [0, 0.1) is 5.95 Å². The topological polar surface area (TPSA) is 68.0 Å². The SMILES string of the molecule is NC1(C(=O)Nc2cccc(F)n2)CCCCC1. The van der Waals surface area contributed by atoms with Crippen molar-refractivity contribution in [2.24, 2.45) is 5.73 Å². The molecule has 0 aromatic carbocycles. The minimum Gasteiger partial charge on any atom is -0.317 e. The van der Waals surface area contributed by atoms with Crippen LogP contribution in [-0.2, 0) is 4.79 Å². The summed E-state index contributed by atoms with van der Waals surface area (Å²) in [4.78, 5) is 15.6. The lowest BCUT2D eigenvalue weighted by Gasteiger charge is -2.31. The third kappa shape index (κ3) is 2.79. The maximum Gasteiger partial charge on any atom is 0.245 e. The van der Waals surface area contributed by atoms with Crippen molar-refractivity contribution in [1.82, 2.24) is 4.98 Å². The predicted molar refractivity (Wildman–Crippen MR) is 62.8 cm³/mol. The zero-order valence-corrected chi connectivity index (χ0v) is 9.58. The van der Waals surface area contributed by atoms with Crippen LogP contribution in [0.15, 0.2) is 18.2 Å². The molecular formula is C12H16FN3O. The second-order valence-corrected chi connectivity index (χ2v) is 4.52. The van der Waals surface area contributed by atoms with Crippen molar-refractivity contribution in [3.8, 4) is 0 Å². The van der Waals surface area contributed by atoms with Gasteiger partial charge in [-0.25, -0.2) is 4.98 Å². The first-order valence-electron chi connectivity index (χ1n) is 5.83. The van der Waals surface area contributed by atoms with Crippen LogP contribution in [0.4, 0.5) is 10.2 Å². The van der Waals surface area contributed by atoms with E-state index in [-0.39, 0.29) is 11.7 Å². The second kappa shape index (κ2) is 4.79. The van der Waals surface area contributed by atoms with E-state index in [0.717, 1.165) is 19.3 Å². The molecule has 1 heterocycles. The molecule has 0 saturated heterocycles. The molecule has 2 rings (SSSR count). The van der Waals surface area contributed by atoms with E-state index in [1.807, 2.05) is 0 Å². The van der Waals surface area contributed by atoms with Crippen LogP contribution in [0.2, 0.25) is 0 Å². The van der Waals surface area contributed by atoms with Gasteiger partial charge in [0, 0.05) is 0 Å². The summed E-state index contributed by atoms with van der Waals surface area (Å²) >= 11 is 0. The molecule has 1 aromatic rings. The smallest absolute Gasteiger partial charge is 0.245 e. The van der Waals surface area contributed by atoms with E-state index < -0.39 is 11.5 Å². The lowest BCUT2D eigenvalue weighted by Crippen LogP contribution is -2.52. The molecule has 1 saturated carbocycles. The highest BCUT2D eigenvalue weighted by Gasteiger charge is 2.35. The van der Waals surface area contributed by atoms with Crippen LogP contribution < -0.4 is 11.1 Å². The molecule has 1 aliphatic carbocycles. The Bertz CT molecular complexity index is 416. The maximum absolute atomic E-state index is 12.9. The van der Waals surface area contributed by atoms with Crippen LogP contribution in [0.5, 0.6) is 0 Å². The fourth-order valence-corrected chi connectivity index (χ4v) is 2.13. The van der Waals surface area contributed by atoms with Crippen LogP contribution in [0.25, 0.3) is 0 Å². The third-order valence-electron chi connectivity index (χ3n) is 3.15. The first-order valence-corrected chi connectivity index (χ1v) is 5.83. The lowest BCUT2D eigenvalue weighted by molar-refractivity contribution is -0.122. The molecule has 0 unspecified atom stereocenters. The third-order valence-corrected chi connectivity index (χ3v) is 3.15. The van der Waals surface area contributed by atoms with Crippen molar-refractivity contribution in [2.45, 2.75) is 37.6 Å². The molecule has 92 valence electrons. The fraction of sp³-hybridized carbons (Fsp3) is 0.500. The van der Waals surface area contributed by atoms with Gasteiger partial charge in [-0.15, -0.1) is 0 Å². The highest BCUT2D eigenvalue weighted by molar-refractivity contribution is 5.97. The molecule has 0 spiro atoms. The van der Waals surface area contributed by atoms with Gasteiger partial charge >= 0.3 is 0 Å². The van der Waals surface area contributed by atoms with E-state index >= 15 is 0 Å². The van der Waals surface area contributed by atoms with E-state index in [2.05, 4.69) is 10.3 Å². The number of carbonyl (C=O) groups is 1. The number of hydrogen-bond donors (Lipinski definition) is 2. The van der Waals surface area contributed by atoms with E-state index in [4.69, 9.17) is 5.73 Å². The Morgan fingerprint density at radius 3 is 2.71 bits per heavy atom. The van der Waals surface area contributed by atoms with Gasteiger partial charge in [0.05, 0.1) is 5.54 Å². The van der Waals surface area contributed by atoms with Crippen molar-refractivity contribution in [1.29, 1.82) is 0 Å². The molecular weight excluding hydrogens is 221 g/mol. The minimum absolute atomic E-state index is 0.213. The number of nitrogens with two attached hydrogens (primary N) is 1. The fourth-order valence-electron chi connectivity index (χ4n) is 2.13. The summed E-state index contributed by atoms with van der Waals surface area (Å²) in [6.45, 7) is 0. The molecule has 3 N–H and O–H groups in total. The van der Waals surface area contributed by atoms with Gasteiger partial charge in [0.25, 0.3) is 0 Å². The van der Waals surface area contributed by atoms with Gasteiger partial charge in [-0.05, 0) is 25.0 Å². The Hall–Kier alpha value is -1.49. The molecule has 1 aliphatic rings. The number of carbonyl (C=O) groups excluding carboxylic acids is 1. The molecule has 17 heavy (non-hydrogen) atoms. The average molecular weight is 237 g/mol. The maximum atomic E-state index is 12.9. The normalized spacial score (nSPS) is 18.7. The van der Waals surface area contributed by atoms with E-state index in [9.17, 15) is 9.18 Å². The highest BCUT2D eigenvalue weighted by Crippen LogP contribution is 2.26. The lowest BCUT2D eigenvalue weighted by atomic mass is 9.82. The largest absolute Gasteiger partial charge is 0.317 e. The van der Waals surface area contributed by atoms with Gasteiger partial charge in [-0.2, -0.15) is 4.39 Å². The molecule has 0 aliphatic heterocycles. The van der Waals surface area contributed by atoms with Crippen LogP contribution in [0.1, 0.15) is 32.1 Å². The number of nitrogens with one attached hydrogen (secondary N) is 1.